The molecule has 90 valence electrons. The summed E-state index contributed by atoms with van der Waals surface area (Å²) in [7, 11) is 0. The third kappa shape index (κ3) is 1.95. The first-order chi connectivity index (χ1) is 8.24. The molecular weight excluding hydrogens is 212 g/mol. The lowest BCUT2D eigenvalue weighted by Gasteiger charge is -2.28. The van der Waals surface area contributed by atoms with E-state index >= 15 is 0 Å². The van der Waals surface area contributed by atoms with E-state index in [0.717, 1.165) is 23.6 Å². The number of hydrogen-bond acceptors (Lipinski definition) is 2. The number of carbonyl (C=O) groups excluding carboxylic acids is 1. The Kier molecular flexibility index (Phi) is 2.63. The third-order valence-corrected chi connectivity index (χ3v) is 3.88. The van der Waals surface area contributed by atoms with Crippen molar-refractivity contribution in [3.05, 3.63) is 34.9 Å². The molecule has 1 saturated heterocycles. The summed E-state index contributed by atoms with van der Waals surface area (Å²) in [6.07, 6.45) is 2.48. The second kappa shape index (κ2) is 4.15. The normalized spacial score (nSPS) is 27.7. The van der Waals surface area contributed by atoms with Gasteiger partial charge < -0.3 is 10.6 Å². The molecule has 3 rings (SSSR count). The molecule has 2 aliphatic heterocycles. The van der Waals surface area contributed by atoms with Gasteiger partial charge in [0.05, 0.1) is 0 Å². The van der Waals surface area contributed by atoms with Gasteiger partial charge in [-0.25, -0.2) is 0 Å². The summed E-state index contributed by atoms with van der Waals surface area (Å²) < 4.78 is 0. The van der Waals surface area contributed by atoms with Crippen LogP contribution in [0, 0.1) is 5.92 Å². The number of fused-ring (bicyclic) bond motifs is 1. The summed E-state index contributed by atoms with van der Waals surface area (Å²) in [6, 6.07) is 6.71. The highest BCUT2D eigenvalue weighted by Gasteiger charge is 2.23. The summed E-state index contributed by atoms with van der Waals surface area (Å²) in [4.78, 5) is 11.5. The Hall–Kier alpha value is -1.35. The van der Waals surface area contributed by atoms with Crippen molar-refractivity contribution in [2.45, 2.75) is 32.4 Å². The van der Waals surface area contributed by atoms with Gasteiger partial charge in [0.25, 0.3) is 5.91 Å². The van der Waals surface area contributed by atoms with Gasteiger partial charge in [-0.15, -0.1) is 0 Å². The molecule has 1 fully saturated rings. The summed E-state index contributed by atoms with van der Waals surface area (Å²) in [6.45, 7) is 4.07. The maximum atomic E-state index is 11.5. The monoisotopic (exact) mass is 230 g/mol. The van der Waals surface area contributed by atoms with Gasteiger partial charge in [-0.05, 0) is 42.5 Å². The van der Waals surface area contributed by atoms with Gasteiger partial charge in [0.2, 0.25) is 0 Å². The van der Waals surface area contributed by atoms with Crippen LogP contribution in [0.3, 0.4) is 0 Å². The molecule has 2 N–H and O–H groups in total. The Bertz CT molecular complexity index is 448. The maximum absolute atomic E-state index is 11.5. The lowest BCUT2D eigenvalue weighted by molar-refractivity contribution is 0.0966. The van der Waals surface area contributed by atoms with Gasteiger partial charge in [-0.1, -0.05) is 19.1 Å². The summed E-state index contributed by atoms with van der Waals surface area (Å²) in [5.41, 5.74) is 3.32. The molecule has 2 aliphatic rings. The van der Waals surface area contributed by atoms with Crippen molar-refractivity contribution in [2.75, 3.05) is 6.54 Å². The third-order valence-electron chi connectivity index (χ3n) is 3.88. The molecule has 0 aliphatic carbocycles. The van der Waals surface area contributed by atoms with Crippen LogP contribution in [-0.2, 0) is 6.54 Å². The largest absolute Gasteiger partial charge is 0.348 e. The highest BCUT2D eigenvalue weighted by molar-refractivity contribution is 5.98. The van der Waals surface area contributed by atoms with Gasteiger partial charge in [0.15, 0.2) is 0 Å². The molecule has 2 heterocycles. The van der Waals surface area contributed by atoms with Crippen LogP contribution in [0.5, 0.6) is 0 Å². The molecule has 0 aromatic heterocycles. The highest BCUT2D eigenvalue weighted by atomic mass is 16.1. The fourth-order valence-electron chi connectivity index (χ4n) is 2.75. The fraction of sp³-hybridized carbons (Fsp3) is 0.500. The Labute approximate surface area is 102 Å². The SMILES string of the molecule is C[C@@H]1CC[C@@H](c2ccc3c(c2)CNC3=O)NC1. The van der Waals surface area contributed by atoms with E-state index in [-0.39, 0.29) is 5.91 Å². The zero-order chi connectivity index (χ0) is 11.8. The summed E-state index contributed by atoms with van der Waals surface area (Å²) in [5, 5.41) is 6.45. The molecule has 0 saturated carbocycles. The predicted octanol–water partition coefficient (Wildman–Crippen LogP) is 1.99. The minimum absolute atomic E-state index is 0.0665. The molecule has 3 nitrogen and oxygen atoms in total. The van der Waals surface area contributed by atoms with Gasteiger partial charge in [0.1, 0.15) is 0 Å². The van der Waals surface area contributed by atoms with Crippen LogP contribution in [0.15, 0.2) is 18.2 Å². The molecule has 17 heavy (non-hydrogen) atoms. The van der Waals surface area contributed by atoms with Crippen molar-refractivity contribution >= 4 is 5.91 Å². The average Bonchev–Trinajstić information content (AvgIpc) is 2.72. The van der Waals surface area contributed by atoms with Crippen LogP contribution in [0.2, 0.25) is 0 Å². The van der Waals surface area contributed by atoms with E-state index in [0.29, 0.717) is 12.6 Å². The molecule has 0 radical (unpaired) electrons. The van der Waals surface area contributed by atoms with Gasteiger partial charge >= 0.3 is 0 Å². The predicted molar refractivity (Wildman–Crippen MR) is 66.8 cm³/mol. The van der Waals surface area contributed by atoms with Crippen LogP contribution in [0.4, 0.5) is 0 Å². The van der Waals surface area contributed by atoms with E-state index in [9.17, 15) is 4.79 Å². The summed E-state index contributed by atoms with van der Waals surface area (Å²) >= 11 is 0. The van der Waals surface area contributed by atoms with Gasteiger partial charge in [0, 0.05) is 18.2 Å². The minimum Gasteiger partial charge on any atom is -0.348 e. The molecule has 1 amide bonds. The smallest absolute Gasteiger partial charge is 0.251 e. The second-order valence-corrected chi connectivity index (χ2v) is 5.24. The number of nitrogens with one attached hydrogen (secondary N) is 2. The second-order valence-electron chi connectivity index (χ2n) is 5.24. The quantitative estimate of drug-likeness (QED) is 0.774. The number of benzene rings is 1. The maximum Gasteiger partial charge on any atom is 0.251 e. The summed E-state index contributed by atoms with van der Waals surface area (Å²) in [5.74, 6) is 0.848. The number of carbonyl (C=O) groups is 1. The Morgan fingerprint density at radius 3 is 2.94 bits per heavy atom. The van der Waals surface area contributed by atoms with E-state index in [1.54, 1.807) is 0 Å². The number of hydrogen-bond donors (Lipinski definition) is 2. The minimum atomic E-state index is 0.0665. The molecule has 1 aromatic carbocycles. The van der Waals surface area contributed by atoms with Crippen molar-refractivity contribution < 1.29 is 4.79 Å². The molecule has 2 atom stereocenters. The fourth-order valence-corrected chi connectivity index (χ4v) is 2.75. The van der Waals surface area contributed by atoms with Crippen molar-refractivity contribution in [1.82, 2.24) is 10.6 Å². The first kappa shape index (κ1) is 10.8. The first-order valence-electron chi connectivity index (χ1n) is 6.38. The van der Waals surface area contributed by atoms with E-state index < -0.39 is 0 Å². The van der Waals surface area contributed by atoms with Gasteiger partial charge in [-0.2, -0.15) is 0 Å². The van der Waals surface area contributed by atoms with Crippen molar-refractivity contribution in [3.8, 4) is 0 Å². The molecule has 1 aromatic rings. The molecule has 0 spiro atoms. The van der Waals surface area contributed by atoms with Crippen LogP contribution in [0.1, 0.15) is 47.3 Å². The standard InChI is InChI=1S/C14H18N2O/c1-9-2-5-13(15-7-9)10-3-4-12-11(6-10)8-16-14(12)17/h3-4,6,9,13,15H,2,5,7-8H2,1H3,(H,16,17)/t9-,13+/m1/s1. The lowest BCUT2D eigenvalue weighted by Crippen LogP contribution is -2.31. The van der Waals surface area contributed by atoms with Crippen LogP contribution in [-0.4, -0.2) is 12.5 Å². The number of piperidine rings is 1. The Balaban J connectivity index is 1.83. The molecule has 3 heteroatoms. The van der Waals surface area contributed by atoms with Crippen molar-refractivity contribution in [2.24, 2.45) is 5.92 Å². The Morgan fingerprint density at radius 2 is 2.18 bits per heavy atom. The van der Waals surface area contributed by atoms with Gasteiger partial charge in [-0.3, -0.25) is 4.79 Å². The van der Waals surface area contributed by atoms with E-state index in [2.05, 4.69) is 29.7 Å². The molecular formula is C14H18N2O. The zero-order valence-corrected chi connectivity index (χ0v) is 10.1. The lowest BCUT2D eigenvalue weighted by atomic mass is 9.91. The van der Waals surface area contributed by atoms with E-state index in [1.165, 1.54) is 18.4 Å². The zero-order valence-electron chi connectivity index (χ0n) is 10.1. The van der Waals surface area contributed by atoms with Crippen molar-refractivity contribution in [3.63, 3.8) is 0 Å². The molecule has 0 bridgehead atoms. The highest BCUT2D eigenvalue weighted by Crippen LogP contribution is 2.28. The van der Waals surface area contributed by atoms with Crippen LogP contribution < -0.4 is 10.6 Å². The van der Waals surface area contributed by atoms with Crippen LogP contribution >= 0.6 is 0 Å². The van der Waals surface area contributed by atoms with Crippen molar-refractivity contribution in [1.29, 1.82) is 0 Å². The number of amides is 1. The van der Waals surface area contributed by atoms with E-state index in [1.807, 2.05) is 6.07 Å². The Morgan fingerprint density at radius 1 is 1.29 bits per heavy atom. The van der Waals surface area contributed by atoms with Crippen LogP contribution in [0.25, 0.3) is 0 Å². The topological polar surface area (TPSA) is 41.1 Å². The first-order valence-corrected chi connectivity index (χ1v) is 6.38. The molecule has 0 unspecified atom stereocenters. The van der Waals surface area contributed by atoms with E-state index in [4.69, 9.17) is 0 Å². The average molecular weight is 230 g/mol. The number of rotatable bonds is 1.